The first-order valence-corrected chi connectivity index (χ1v) is 10.3. The fraction of sp³-hybridized carbons (Fsp3) is 0.348. The second-order valence-electron chi connectivity index (χ2n) is 8.03. The molecule has 160 valence electrons. The van der Waals surface area contributed by atoms with Gasteiger partial charge in [-0.05, 0) is 43.2 Å². The summed E-state index contributed by atoms with van der Waals surface area (Å²) in [5.41, 5.74) is 7.16. The summed E-state index contributed by atoms with van der Waals surface area (Å²) in [5, 5.41) is 18.7. The zero-order valence-electron chi connectivity index (χ0n) is 17.0. The molecule has 7 nitrogen and oxygen atoms in total. The van der Waals surface area contributed by atoms with Gasteiger partial charge in [0.25, 0.3) is 0 Å². The molecule has 4 rings (SSSR count). The molecular formula is C23H24FN5O2. The number of hydrogen-bond acceptors (Lipinski definition) is 5. The highest BCUT2D eigenvalue weighted by molar-refractivity contribution is 5.90. The summed E-state index contributed by atoms with van der Waals surface area (Å²) < 4.78 is 20.5. The number of carbonyl (C=O) groups excluding carboxylic acids is 1. The predicted octanol–water partition coefficient (Wildman–Crippen LogP) is 3.73. The molecule has 0 saturated carbocycles. The lowest BCUT2D eigenvalue weighted by Gasteiger charge is -2.41. The van der Waals surface area contributed by atoms with E-state index in [9.17, 15) is 10.1 Å². The lowest BCUT2D eigenvalue weighted by molar-refractivity contribution is 0.143. The zero-order chi connectivity index (χ0) is 22.0. The topological polar surface area (TPSA) is 115 Å². The number of anilines is 1. The van der Waals surface area contributed by atoms with Gasteiger partial charge in [-0.1, -0.05) is 36.4 Å². The van der Waals surface area contributed by atoms with Gasteiger partial charge >= 0.3 is 6.09 Å². The summed E-state index contributed by atoms with van der Waals surface area (Å²) in [5.74, 6) is -0.668. The Kier molecular flexibility index (Phi) is 5.76. The molecule has 31 heavy (non-hydrogen) atoms. The molecule has 1 amide bonds. The van der Waals surface area contributed by atoms with Crippen molar-refractivity contribution in [2.45, 2.75) is 50.3 Å². The highest BCUT2D eigenvalue weighted by Crippen LogP contribution is 2.47. The van der Waals surface area contributed by atoms with Crippen LogP contribution in [-0.2, 0) is 11.3 Å². The smallest absolute Gasteiger partial charge is 0.414 e. The molecule has 2 aliphatic heterocycles. The van der Waals surface area contributed by atoms with Gasteiger partial charge in [-0.15, -0.1) is 0 Å². The van der Waals surface area contributed by atoms with Crippen molar-refractivity contribution in [2.24, 2.45) is 5.73 Å². The largest absolute Gasteiger partial charge is 0.444 e. The van der Waals surface area contributed by atoms with Crippen molar-refractivity contribution in [3.63, 3.8) is 0 Å². The molecule has 2 aromatic carbocycles. The van der Waals surface area contributed by atoms with Crippen LogP contribution in [0.1, 0.15) is 48.3 Å². The van der Waals surface area contributed by atoms with Gasteiger partial charge in [0, 0.05) is 17.6 Å². The first-order chi connectivity index (χ1) is 15.0. The molecule has 2 bridgehead atoms. The summed E-state index contributed by atoms with van der Waals surface area (Å²) in [6, 6.07) is 15.8. The Morgan fingerprint density at radius 3 is 2.52 bits per heavy atom. The molecule has 2 aliphatic rings. The molecule has 8 heteroatoms. The molecule has 0 aromatic heterocycles. The lowest BCUT2D eigenvalue weighted by atomic mass is 9.84. The maximum atomic E-state index is 15.5. The van der Waals surface area contributed by atoms with E-state index in [1.54, 1.807) is 6.07 Å². The Morgan fingerprint density at radius 1 is 1.23 bits per heavy atom. The first kappa shape index (κ1) is 20.7. The van der Waals surface area contributed by atoms with Crippen LogP contribution in [0.4, 0.5) is 14.9 Å². The van der Waals surface area contributed by atoms with Crippen molar-refractivity contribution < 1.29 is 13.9 Å². The third-order valence-electron chi connectivity index (χ3n) is 6.17. The number of hydrogen-bond donors (Lipinski definition) is 3. The van der Waals surface area contributed by atoms with E-state index in [2.05, 4.69) is 23.1 Å². The van der Waals surface area contributed by atoms with Gasteiger partial charge in [0.1, 0.15) is 12.7 Å². The molecule has 0 spiro atoms. The monoisotopic (exact) mass is 421 g/mol. The number of amides is 1. The van der Waals surface area contributed by atoms with Gasteiger partial charge in [-0.25, -0.2) is 9.18 Å². The minimum Gasteiger partial charge on any atom is -0.444 e. The van der Waals surface area contributed by atoms with E-state index in [1.165, 1.54) is 11.6 Å². The number of nitriles is 1. The van der Waals surface area contributed by atoms with E-state index in [0.717, 1.165) is 25.7 Å². The van der Waals surface area contributed by atoms with Gasteiger partial charge in [-0.2, -0.15) is 5.26 Å². The Bertz CT molecular complexity index is 1020. The van der Waals surface area contributed by atoms with Crippen molar-refractivity contribution in [1.82, 2.24) is 5.32 Å². The Hall–Kier alpha value is -3.60. The van der Waals surface area contributed by atoms with Crippen LogP contribution in [0.3, 0.4) is 0 Å². The fourth-order valence-corrected chi connectivity index (χ4v) is 4.89. The Morgan fingerprint density at radius 2 is 1.90 bits per heavy atom. The molecule has 2 fully saturated rings. The van der Waals surface area contributed by atoms with Crippen molar-refractivity contribution in [3.8, 4) is 6.07 Å². The molecule has 2 heterocycles. The third-order valence-corrected chi connectivity index (χ3v) is 6.17. The van der Waals surface area contributed by atoms with Crippen molar-refractivity contribution >= 4 is 17.7 Å². The minimum absolute atomic E-state index is 0.155. The van der Waals surface area contributed by atoms with Crippen molar-refractivity contribution in [2.75, 3.05) is 4.90 Å². The SMILES string of the molecule is N#Cc1ccc(COC(=O)NC(=N)N)c(F)c1N1C2CCC1CC(c1ccccc1)C2. The summed E-state index contributed by atoms with van der Waals surface area (Å²) in [4.78, 5) is 13.7. The maximum Gasteiger partial charge on any atom is 0.414 e. The van der Waals surface area contributed by atoms with E-state index in [-0.39, 0.29) is 29.8 Å². The number of fused-ring (bicyclic) bond motifs is 2. The predicted molar refractivity (Wildman–Crippen MR) is 114 cm³/mol. The fourth-order valence-electron chi connectivity index (χ4n) is 4.89. The van der Waals surface area contributed by atoms with E-state index >= 15 is 4.39 Å². The first-order valence-electron chi connectivity index (χ1n) is 10.3. The molecule has 0 radical (unpaired) electrons. The van der Waals surface area contributed by atoms with E-state index in [1.807, 2.05) is 23.5 Å². The summed E-state index contributed by atoms with van der Waals surface area (Å²) >= 11 is 0. The third kappa shape index (κ3) is 4.17. The molecule has 2 atom stereocenters. The second kappa shape index (κ2) is 8.64. The summed E-state index contributed by atoms with van der Waals surface area (Å²) in [6.45, 7) is -0.320. The molecule has 0 aliphatic carbocycles. The second-order valence-corrected chi connectivity index (χ2v) is 8.03. The number of guanidine groups is 1. The normalized spacial score (nSPS) is 21.9. The number of nitrogens with zero attached hydrogens (tertiary/aromatic N) is 2. The highest BCUT2D eigenvalue weighted by Gasteiger charge is 2.43. The van der Waals surface area contributed by atoms with Crippen LogP contribution < -0.4 is 16.0 Å². The minimum atomic E-state index is -0.929. The number of rotatable bonds is 4. The average Bonchev–Trinajstić information content (AvgIpc) is 3.00. The number of piperidine rings is 1. The molecular weight excluding hydrogens is 397 g/mol. The van der Waals surface area contributed by atoms with Gasteiger partial charge in [0.15, 0.2) is 11.8 Å². The number of benzene rings is 2. The standard InChI is InChI=1S/C23H24FN5O2/c24-20-16(13-31-23(30)28-22(26)27)7-6-15(12-25)21(20)29-18-8-9-19(29)11-17(10-18)14-4-2-1-3-5-14/h1-7,17-19H,8-11,13H2,(H4,26,27,28,30). The molecule has 2 aromatic rings. The van der Waals surface area contributed by atoms with Gasteiger partial charge in [0.05, 0.1) is 11.3 Å². The van der Waals surface area contributed by atoms with Crippen molar-refractivity contribution in [3.05, 3.63) is 65.0 Å². The number of nitrogens with two attached hydrogens (primary N) is 1. The summed E-state index contributed by atoms with van der Waals surface area (Å²) in [6.07, 6.45) is 2.81. The lowest BCUT2D eigenvalue weighted by Crippen LogP contribution is -2.43. The Balaban J connectivity index is 1.58. The van der Waals surface area contributed by atoms with Gasteiger partial charge in [-0.3, -0.25) is 10.7 Å². The van der Waals surface area contributed by atoms with Gasteiger partial charge < -0.3 is 15.4 Å². The van der Waals surface area contributed by atoms with Crippen LogP contribution in [-0.4, -0.2) is 24.1 Å². The van der Waals surface area contributed by atoms with Crippen LogP contribution in [0.5, 0.6) is 0 Å². The number of carbonyl (C=O) groups is 1. The number of alkyl carbamates (subject to hydrolysis) is 1. The van der Waals surface area contributed by atoms with E-state index in [0.29, 0.717) is 11.6 Å². The van der Waals surface area contributed by atoms with Crippen LogP contribution in [0.25, 0.3) is 0 Å². The Labute approximate surface area is 180 Å². The van der Waals surface area contributed by atoms with Crippen LogP contribution in [0, 0.1) is 22.6 Å². The number of ether oxygens (including phenoxy) is 1. The molecule has 2 unspecified atom stereocenters. The number of nitrogens with one attached hydrogen (secondary N) is 2. The van der Waals surface area contributed by atoms with Crippen LogP contribution >= 0.6 is 0 Å². The van der Waals surface area contributed by atoms with Crippen LogP contribution in [0.2, 0.25) is 0 Å². The van der Waals surface area contributed by atoms with E-state index in [4.69, 9.17) is 15.9 Å². The summed E-state index contributed by atoms with van der Waals surface area (Å²) in [7, 11) is 0. The van der Waals surface area contributed by atoms with E-state index < -0.39 is 17.9 Å². The zero-order valence-corrected chi connectivity index (χ0v) is 17.0. The number of halogens is 1. The van der Waals surface area contributed by atoms with Crippen LogP contribution in [0.15, 0.2) is 42.5 Å². The molecule has 4 N–H and O–H groups in total. The maximum absolute atomic E-state index is 15.5. The molecule has 2 saturated heterocycles. The quantitative estimate of drug-likeness (QED) is 0.514. The van der Waals surface area contributed by atoms with Gasteiger partial charge in [0.2, 0.25) is 0 Å². The highest BCUT2D eigenvalue weighted by atomic mass is 19.1. The van der Waals surface area contributed by atoms with Crippen molar-refractivity contribution in [1.29, 1.82) is 10.7 Å². The average molecular weight is 421 g/mol.